The van der Waals surface area contributed by atoms with Gasteiger partial charge in [0.25, 0.3) is 6.43 Å². The van der Waals surface area contributed by atoms with Crippen molar-refractivity contribution in [1.29, 1.82) is 0 Å². The number of aromatic nitrogens is 2. The van der Waals surface area contributed by atoms with E-state index in [0.717, 1.165) is 53.2 Å². The number of carbonyl (C=O) groups is 1. The fourth-order valence-corrected chi connectivity index (χ4v) is 5.09. The molecule has 0 radical (unpaired) electrons. The molecular formula is C25H34F2N6O. The van der Waals surface area contributed by atoms with Gasteiger partial charge < -0.3 is 14.8 Å². The van der Waals surface area contributed by atoms with E-state index in [1.807, 2.05) is 49.8 Å². The van der Waals surface area contributed by atoms with Crippen LogP contribution in [-0.2, 0) is 31.2 Å². The topological polar surface area (TPSA) is 56.6 Å². The molecule has 1 aromatic carbocycles. The lowest BCUT2D eigenvalue weighted by Gasteiger charge is -2.33. The van der Waals surface area contributed by atoms with E-state index in [4.69, 9.17) is 5.10 Å². The Labute approximate surface area is 200 Å². The van der Waals surface area contributed by atoms with Gasteiger partial charge in [0.2, 0.25) is 5.91 Å². The van der Waals surface area contributed by atoms with E-state index in [1.54, 1.807) is 18.0 Å². The first-order valence-corrected chi connectivity index (χ1v) is 12.0. The molecule has 0 atom stereocenters. The number of anilines is 2. The quantitative estimate of drug-likeness (QED) is 0.727. The zero-order valence-electron chi connectivity index (χ0n) is 20.7. The van der Waals surface area contributed by atoms with Crippen molar-refractivity contribution in [2.45, 2.75) is 53.0 Å². The number of hydrogen-bond donors (Lipinski definition) is 1. The van der Waals surface area contributed by atoms with Crippen molar-refractivity contribution < 1.29 is 13.6 Å². The van der Waals surface area contributed by atoms with Crippen molar-refractivity contribution in [3.8, 4) is 0 Å². The minimum absolute atomic E-state index is 0.0394. The van der Waals surface area contributed by atoms with Gasteiger partial charge in [-0.25, -0.2) is 14.2 Å². The number of carbonyl (C=O) groups excluding carboxylic acids is 1. The molecule has 0 spiro atoms. The molecule has 4 heterocycles. The first-order valence-electron chi connectivity index (χ1n) is 12.0. The highest BCUT2D eigenvalue weighted by atomic mass is 19.3. The Hall–Kier alpha value is -2.94. The van der Waals surface area contributed by atoms with Gasteiger partial charge in [-0.3, -0.25) is 9.48 Å². The standard InChI is InChI=1S/C23H28F2N6O.C2H6/c1-14(32)30-8-6-20-19(13-30)23(27-29(20)3)31-7-4-5-15-9-17(16-11-26-28(2)12-16)18(22(24)25)10-21(15)31;1-2/h9-10,12,22,26H,4-8,11,13H2,1-3H3;1-2H3. The van der Waals surface area contributed by atoms with Gasteiger partial charge in [-0.1, -0.05) is 13.8 Å². The Bertz CT molecular complexity index is 1110. The van der Waals surface area contributed by atoms with Crippen LogP contribution in [0, 0.1) is 0 Å². The van der Waals surface area contributed by atoms with Crippen LogP contribution in [0.15, 0.2) is 18.3 Å². The summed E-state index contributed by atoms with van der Waals surface area (Å²) in [6.45, 7) is 8.01. The van der Waals surface area contributed by atoms with Crippen LogP contribution in [-0.4, -0.2) is 52.3 Å². The summed E-state index contributed by atoms with van der Waals surface area (Å²) < 4.78 is 30.2. The van der Waals surface area contributed by atoms with Gasteiger partial charge in [0, 0.05) is 75.8 Å². The largest absolute Gasteiger partial charge is 0.338 e. The minimum atomic E-state index is -2.57. The van der Waals surface area contributed by atoms with Crippen molar-refractivity contribution in [3.63, 3.8) is 0 Å². The lowest BCUT2D eigenvalue weighted by Crippen LogP contribution is -2.35. The zero-order valence-corrected chi connectivity index (χ0v) is 20.7. The third-order valence-electron chi connectivity index (χ3n) is 6.74. The SMILES string of the molecule is CC.CC(=O)N1CCc2c(c(N3CCCc4cc(C5=CN(C)NC5)c(C(F)F)cc43)nn2C)C1. The van der Waals surface area contributed by atoms with Crippen LogP contribution in [0.5, 0.6) is 0 Å². The lowest BCUT2D eigenvalue weighted by atomic mass is 9.92. The number of benzene rings is 1. The minimum Gasteiger partial charge on any atom is -0.338 e. The maximum atomic E-state index is 14.2. The number of alkyl halides is 2. The summed E-state index contributed by atoms with van der Waals surface area (Å²) in [5, 5.41) is 6.58. The van der Waals surface area contributed by atoms with Crippen LogP contribution in [0.25, 0.3) is 5.57 Å². The molecule has 0 bridgehead atoms. The number of nitrogens with zero attached hydrogens (tertiary/aromatic N) is 5. The molecule has 34 heavy (non-hydrogen) atoms. The monoisotopic (exact) mass is 472 g/mol. The highest BCUT2D eigenvalue weighted by Crippen LogP contribution is 2.42. The Morgan fingerprint density at radius 1 is 1.15 bits per heavy atom. The summed E-state index contributed by atoms with van der Waals surface area (Å²) in [4.78, 5) is 15.9. The van der Waals surface area contributed by atoms with E-state index >= 15 is 0 Å². The summed E-state index contributed by atoms with van der Waals surface area (Å²) in [6, 6.07) is 3.59. The van der Waals surface area contributed by atoms with Crippen molar-refractivity contribution in [3.05, 3.63) is 46.3 Å². The predicted octanol–water partition coefficient (Wildman–Crippen LogP) is 4.16. The predicted molar refractivity (Wildman–Crippen MR) is 130 cm³/mol. The second-order valence-corrected chi connectivity index (χ2v) is 8.79. The van der Waals surface area contributed by atoms with E-state index < -0.39 is 6.43 Å². The molecule has 3 aliphatic rings. The van der Waals surface area contributed by atoms with Crippen molar-refractivity contribution >= 4 is 23.0 Å². The van der Waals surface area contributed by atoms with E-state index in [0.29, 0.717) is 31.7 Å². The summed E-state index contributed by atoms with van der Waals surface area (Å²) in [5.74, 6) is 0.821. The molecule has 0 fully saturated rings. The molecule has 3 aliphatic heterocycles. The second-order valence-electron chi connectivity index (χ2n) is 8.79. The molecule has 0 saturated carbocycles. The van der Waals surface area contributed by atoms with Crippen LogP contribution in [0.1, 0.15) is 61.6 Å². The summed E-state index contributed by atoms with van der Waals surface area (Å²) >= 11 is 0. The Morgan fingerprint density at radius 3 is 2.56 bits per heavy atom. The van der Waals surface area contributed by atoms with Crippen molar-refractivity contribution in [1.82, 2.24) is 25.1 Å². The number of fused-ring (bicyclic) bond motifs is 2. The van der Waals surface area contributed by atoms with Crippen molar-refractivity contribution in [2.75, 3.05) is 31.6 Å². The number of halogens is 2. The molecule has 7 nitrogen and oxygen atoms in total. The Morgan fingerprint density at radius 2 is 1.91 bits per heavy atom. The first kappa shape index (κ1) is 24.2. The average molecular weight is 473 g/mol. The number of nitrogens with one attached hydrogen (secondary N) is 1. The number of rotatable bonds is 3. The molecule has 0 aliphatic carbocycles. The maximum absolute atomic E-state index is 14.2. The lowest BCUT2D eigenvalue weighted by molar-refractivity contribution is -0.129. The number of aryl methyl sites for hydroxylation is 2. The van der Waals surface area contributed by atoms with Crippen LogP contribution in [0.3, 0.4) is 0 Å². The van der Waals surface area contributed by atoms with Crippen molar-refractivity contribution in [2.24, 2.45) is 7.05 Å². The molecule has 1 N–H and O–H groups in total. The van der Waals surface area contributed by atoms with E-state index in [2.05, 4.69) is 10.3 Å². The molecule has 5 rings (SSSR count). The summed E-state index contributed by atoms with van der Waals surface area (Å²) in [5.41, 5.74) is 8.67. The molecule has 1 amide bonds. The third kappa shape index (κ3) is 4.29. The van der Waals surface area contributed by atoms with Gasteiger partial charge in [-0.2, -0.15) is 5.10 Å². The fourth-order valence-electron chi connectivity index (χ4n) is 5.09. The normalized spacial score (nSPS) is 17.3. The fraction of sp³-hybridized carbons (Fsp3) is 0.520. The second kappa shape index (κ2) is 9.74. The zero-order chi connectivity index (χ0) is 24.6. The highest BCUT2D eigenvalue weighted by molar-refractivity contribution is 5.78. The van der Waals surface area contributed by atoms with Gasteiger partial charge in [0.05, 0.1) is 6.54 Å². The highest BCUT2D eigenvalue weighted by Gasteiger charge is 2.32. The van der Waals surface area contributed by atoms with E-state index in [1.165, 1.54) is 0 Å². The molecule has 9 heteroatoms. The van der Waals surface area contributed by atoms with Crippen LogP contribution >= 0.6 is 0 Å². The van der Waals surface area contributed by atoms with Crippen LogP contribution in [0.2, 0.25) is 0 Å². The molecule has 184 valence electrons. The molecule has 0 unspecified atom stereocenters. The Kier molecular flexibility index (Phi) is 6.93. The van der Waals surface area contributed by atoms with Gasteiger partial charge in [-0.05, 0) is 41.7 Å². The van der Waals surface area contributed by atoms with Gasteiger partial charge in [0.15, 0.2) is 5.82 Å². The Balaban J connectivity index is 0.00000133. The van der Waals surface area contributed by atoms with Crippen LogP contribution < -0.4 is 10.3 Å². The maximum Gasteiger partial charge on any atom is 0.264 e. The van der Waals surface area contributed by atoms with Gasteiger partial charge >= 0.3 is 0 Å². The number of amides is 1. The molecule has 1 aromatic heterocycles. The first-order chi connectivity index (χ1) is 16.3. The van der Waals surface area contributed by atoms with Crippen LogP contribution in [0.4, 0.5) is 20.3 Å². The smallest absolute Gasteiger partial charge is 0.264 e. The summed E-state index contributed by atoms with van der Waals surface area (Å²) in [7, 11) is 3.78. The molecule has 2 aromatic rings. The third-order valence-corrected chi connectivity index (χ3v) is 6.74. The average Bonchev–Trinajstić information content (AvgIpc) is 3.41. The molecular weight excluding hydrogens is 438 g/mol. The summed E-state index contributed by atoms with van der Waals surface area (Å²) in [6.07, 6.45) is 1.80. The molecule has 0 saturated heterocycles. The van der Waals surface area contributed by atoms with Gasteiger partial charge in [-0.15, -0.1) is 0 Å². The number of hydrogen-bond acceptors (Lipinski definition) is 5. The van der Waals surface area contributed by atoms with Gasteiger partial charge in [0.1, 0.15) is 0 Å². The van der Waals surface area contributed by atoms with E-state index in [-0.39, 0.29) is 11.5 Å². The van der Waals surface area contributed by atoms with E-state index in [9.17, 15) is 13.6 Å². The number of hydrazine groups is 1.